The van der Waals surface area contributed by atoms with Crippen LogP contribution in [0, 0.1) is 0 Å². The molecule has 0 aliphatic heterocycles. The van der Waals surface area contributed by atoms with Gasteiger partial charge in [-0.2, -0.15) is 0 Å². The molecular formula is C33H36BINOPS. The number of para-hydroxylation sites is 1. The largest absolute Gasteiger partial charge is 0.506 e. The average Bonchev–Trinajstić information content (AvgIpc) is 2.92. The Morgan fingerprint density at radius 2 is 1.41 bits per heavy atom. The van der Waals surface area contributed by atoms with E-state index in [1.165, 1.54) is 22.5 Å². The lowest BCUT2D eigenvalue weighted by Crippen LogP contribution is -2.18. The number of anilines is 2. The summed E-state index contributed by atoms with van der Waals surface area (Å²) in [7, 11) is 6.27. The highest BCUT2D eigenvalue weighted by atomic mass is 127. The van der Waals surface area contributed by atoms with Crippen molar-refractivity contribution in [1.82, 2.24) is 0 Å². The Labute approximate surface area is 254 Å². The van der Waals surface area contributed by atoms with Gasteiger partial charge in [-0.3, -0.25) is 0 Å². The van der Waals surface area contributed by atoms with Crippen LogP contribution < -0.4 is 10.2 Å². The summed E-state index contributed by atoms with van der Waals surface area (Å²) < 4.78 is 0. The molecule has 4 aromatic carbocycles. The molecule has 0 heterocycles. The summed E-state index contributed by atoms with van der Waals surface area (Å²) in [4.78, 5) is 3.35. The van der Waals surface area contributed by atoms with Gasteiger partial charge in [0.2, 0.25) is 0 Å². The van der Waals surface area contributed by atoms with Crippen LogP contribution in [0.1, 0.15) is 50.3 Å². The molecule has 0 fully saturated rings. The highest BCUT2D eigenvalue weighted by Crippen LogP contribution is 2.44. The van der Waals surface area contributed by atoms with Crippen molar-refractivity contribution >= 4 is 63.5 Å². The van der Waals surface area contributed by atoms with Crippen molar-refractivity contribution in [3.63, 3.8) is 0 Å². The molecule has 0 aliphatic carbocycles. The third-order valence-electron chi connectivity index (χ3n) is 6.71. The summed E-state index contributed by atoms with van der Waals surface area (Å²) in [5.41, 5.74) is 5.16. The van der Waals surface area contributed by atoms with Gasteiger partial charge >= 0.3 is 0 Å². The fourth-order valence-electron chi connectivity index (χ4n) is 4.59. The first kappa shape index (κ1) is 30.0. The molecule has 0 aromatic heterocycles. The number of halogens is 1. The summed E-state index contributed by atoms with van der Waals surface area (Å²) in [5.74, 6) is 1.36. The van der Waals surface area contributed by atoms with E-state index in [2.05, 4.69) is 145 Å². The Hall–Kier alpha value is -1.95. The van der Waals surface area contributed by atoms with Crippen molar-refractivity contribution < 1.29 is 5.11 Å². The Morgan fingerprint density at radius 3 is 2.03 bits per heavy atom. The van der Waals surface area contributed by atoms with Gasteiger partial charge in [-0.05, 0) is 83.3 Å². The lowest BCUT2D eigenvalue weighted by atomic mass is 9.86. The first-order valence-electron chi connectivity index (χ1n) is 13.4. The number of nitrogens with zero attached hydrogens (tertiary/aromatic N) is 1. The molecule has 2 nitrogen and oxygen atoms in total. The second-order valence-corrected chi connectivity index (χ2v) is 16.2. The molecule has 0 aliphatic rings. The van der Waals surface area contributed by atoms with Crippen LogP contribution in [0.15, 0.2) is 102 Å². The predicted octanol–water partition coefficient (Wildman–Crippen LogP) is 9.53. The number of unbranched alkanes of at least 4 members (excludes halogenated alkanes) is 1. The average molecular weight is 663 g/mol. The minimum absolute atomic E-state index is 0.135. The molecule has 0 spiro atoms. The number of hydrogen-bond donors (Lipinski definition) is 1. The molecule has 0 bridgehead atoms. The first-order valence-corrected chi connectivity index (χ1v) is 18.6. The maximum Gasteiger partial charge on any atom is 0.132 e. The van der Waals surface area contributed by atoms with Gasteiger partial charge in [0.05, 0.1) is 4.90 Å². The van der Waals surface area contributed by atoms with Crippen molar-refractivity contribution in [2.75, 3.05) is 17.2 Å². The Morgan fingerprint density at radius 1 is 0.821 bits per heavy atom. The summed E-state index contributed by atoms with van der Waals surface area (Å²) in [6, 6.07) is 34.4. The summed E-state index contributed by atoms with van der Waals surface area (Å²) in [6.45, 7) is 7.35. The third-order valence-corrected chi connectivity index (χ3v) is 10.3. The molecular weight excluding hydrogens is 627 g/mol. The van der Waals surface area contributed by atoms with E-state index in [4.69, 9.17) is 7.57 Å². The minimum Gasteiger partial charge on any atom is -0.506 e. The number of benzene rings is 4. The fraction of sp³-hybridized carbons (Fsp3) is 0.273. The van der Waals surface area contributed by atoms with Crippen LogP contribution in [0.25, 0.3) is 0 Å². The van der Waals surface area contributed by atoms with E-state index < -0.39 is 5.44 Å². The van der Waals surface area contributed by atoms with E-state index in [0.717, 1.165) is 47.3 Å². The van der Waals surface area contributed by atoms with Crippen molar-refractivity contribution in [3.05, 3.63) is 114 Å². The van der Waals surface area contributed by atoms with Gasteiger partial charge in [0.15, 0.2) is 0 Å². The number of hydrogen-bond acceptors (Lipinski definition) is 3. The van der Waals surface area contributed by atoms with Crippen LogP contribution >= 0.6 is 39.2 Å². The molecule has 4 rings (SSSR count). The van der Waals surface area contributed by atoms with Gasteiger partial charge in [0.1, 0.15) is 13.3 Å². The lowest BCUT2D eigenvalue weighted by molar-refractivity contribution is 0.435. The van der Waals surface area contributed by atoms with Crippen LogP contribution in [0.4, 0.5) is 11.4 Å². The van der Waals surface area contributed by atoms with E-state index in [-0.39, 0.29) is 5.41 Å². The second-order valence-electron chi connectivity index (χ2n) is 10.8. The zero-order valence-corrected chi connectivity index (χ0v) is 26.8. The normalized spacial score (nSPS) is 12.3. The van der Waals surface area contributed by atoms with Gasteiger partial charge in [-0.1, -0.05) is 109 Å². The van der Waals surface area contributed by atoms with Crippen molar-refractivity contribution in [2.24, 2.45) is 0 Å². The molecule has 200 valence electrons. The maximum atomic E-state index is 11.0. The van der Waals surface area contributed by atoms with E-state index in [1.54, 1.807) is 11.8 Å². The molecule has 2 radical (unpaired) electrons. The predicted molar refractivity (Wildman–Crippen MR) is 182 cm³/mol. The van der Waals surface area contributed by atoms with E-state index in [9.17, 15) is 5.11 Å². The van der Waals surface area contributed by atoms with Crippen LogP contribution in [-0.4, -0.2) is 25.0 Å². The Kier molecular flexibility index (Phi) is 10.9. The first-order chi connectivity index (χ1) is 18.7. The molecule has 6 heteroatoms. The van der Waals surface area contributed by atoms with Gasteiger partial charge < -0.3 is 10.0 Å². The SMILES string of the molecule is [B]P(I)c1cc(SCCCCN(c2ccccc2)c2ccc(Cc3ccccc3)cc2)c(O)c(C(C)(C)C)c1. The molecule has 0 amide bonds. The van der Waals surface area contributed by atoms with Crippen molar-refractivity contribution in [3.8, 4) is 5.75 Å². The molecule has 1 unspecified atom stereocenters. The molecule has 0 saturated heterocycles. The van der Waals surface area contributed by atoms with Gasteiger partial charge in [0, 0.05) is 23.5 Å². The zero-order valence-electron chi connectivity index (χ0n) is 23.0. The fourth-order valence-corrected chi connectivity index (χ4v) is 7.05. The maximum absolute atomic E-state index is 11.0. The number of phenols is 1. The summed E-state index contributed by atoms with van der Waals surface area (Å²) >= 11 is 4.04. The summed E-state index contributed by atoms with van der Waals surface area (Å²) in [5, 5.41) is 12.1. The number of thioether (sulfide) groups is 1. The molecule has 39 heavy (non-hydrogen) atoms. The van der Waals surface area contributed by atoms with Crippen molar-refractivity contribution in [2.45, 2.75) is 50.3 Å². The van der Waals surface area contributed by atoms with Crippen LogP contribution in [0.2, 0.25) is 0 Å². The molecule has 0 saturated carbocycles. The van der Waals surface area contributed by atoms with Gasteiger partial charge in [-0.25, -0.2) is 0 Å². The Balaban J connectivity index is 1.41. The standard InChI is InChI=1S/C33H36BINOPS/c1-33(2,3)30-23-29(38(34)35)24-31(32(30)37)39-21-11-10-20-36(27-14-8-5-9-15-27)28-18-16-26(17-19-28)22-25-12-6-4-7-13-25/h4-9,12-19,23-24,37H,10-11,20-22H2,1-3H3. The lowest BCUT2D eigenvalue weighted by Gasteiger charge is -2.25. The highest BCUT2D eigenvalue weighted by Gasteiger charge is 2.22. The number of rotatable bonds is 11. The van der Waals surface area contributed by atoms with E-state index >= 15 is 0 Å². The molecule has 4 aromatic rings. The van der Waals surface area contributed by atoms with Crippen LogP contribution in [-0.2, 0) is 11.8 Å². The van der Waals surface area contributed by atoms with Crippen LogP contribution in [0.3, 0.4) is 0 Å². The smallest absolute Gasteiger partial charge is 0.132 e. The quantitative estimate of drug-likeness (QED) is 0.0569. The monoisotopic (exact) mass is 663 g/mol. The van der Waals surface area contributed by atoms with Crippen molar-refractivity contribution in [1.29, 1.82) is 0 Å². The van der Waals surface area contributed by atoms with E-state index in [1.807, 2.05) is 0 Å². The Bertz CT molecular complexity index is 1330. The molecule has 1 N–H and O–H groups in total. The summed E-state index contributed by atoms with van der Waals surface area (Å²) in [6.07, 6.45) is 3.05. The third kappa shape index (κ3) is 8.52. The van der Waals surface area contributed by atoms with E-state index in [0.29, 0.717) is 5.75 Å². The van der Waals surface area contributed by atoms with Crippen LogP contribution in [0.5, 0.6) is 5.75 Å². The second kappa shape index (κ2) is 14.1. The highest BCUT2D eigenvalue weighted by molar-refractivity contribution is 14.2. The van der Waals surface area contributed by atoms with Gasteiger partial charge in [-0.15, -0.1) is 11.8 Å². The topological polar surface area (TPSA) is 23.5 Å². The minimum atomic E-state index is -0.748. The number of phenolic OH excluding ortho intramolecular Hbond substituents is 1. The zero-order chi connectivity index (χ0) is 27.8. The number of aromatic hydroxyl groups is 1. The van der Waals surface area contributed by atoms with Gasteiger partial charge in [0.25, 0.3) is 0 Å². The molecule has 1 atom stereocenters.